The van der Waals surface area contributed by atoms with Gasteiger partial charge in [0.1, 0.15) is 0 Å². The average Bonchev–Trinajstić information content (AvgIpc) is 2.69. The zero-order valence-electron chi connectivity index (χ0n) is 16.2. The zero-order chi connectivity index (χ0) is 20.1. The molecule has 0 spiro atoms. The van der Waals surface area contributed by atoms with E-state index in [0.29, 0.717) is 11.3 Å². The third-order valence-electron chi connectivity index (χ3n) is 4.77. The monoisotopic (exact) mass is 375 g/mol. The number of nitrogens with two attached hydrogens (primary N) is 1. The number of anilines is 1. The lowest BCUT2D eigenvalue weighted by molar-refractivity contribution is -0.116. The highest BCUT2D eigenvalue weighted by Crippen LogP contribution is 2.25. The quantitative estimate of drug-likeness (QED) is 0.610. The predicted octanol–water partition coefficient (Wildman–Crippen LogP) is 3.93. The van der Waals surface area contributed by atoms with E-state index >= 15 is 0 Å². The van der Waals surface area contributed by atoms with Gasteiger partial charge in [0.2, 0.25) is 5.91 Å². The van der Waals surface area contributed by atoms with E-state index in [0.717, 1.165) is 21.9 Å². The van der Waals surface area contributed by atoms with Gasteiger partial charge in [-0.2, -0.15) is 0 Å². The fourth-order valence-corrected chi connectivity index (χ4v) is 3.28. The largest absolute Gasteiger partial charge is 0.345 e. The minimum absolute atomic E-state index is 0.159. The van der Waals surface area contributed by atoms with Gasteiger partial charge in [-0.3, -0.25) is 9.59 Å². The summed E-state index contributed by atoms with van der Waals surface area (Å²) in [5.74, 6) is -0.338. The van der Waals surface area contributed by atoms with Crippen LogP contribution in [0.1, 0.15) is 40.9 Å². The molecule has 3 rings (SSSR count). The summed E-state index contributed by atoms with van der Waals surface area (Å²) < 4.78 is 0. The standard InChI is InChI=1S/C23H25N3O2/c1-15-10-11-18(26-22(27)12-13-24)14-21(15)23(28)25-16(2)19-9-5-7-17-6-3-4-8-20(17)19/h3-11,14,16H,12-13,24H2,1-2H3,(H,25,28)(H,26,27)/t16-/m1/s1. The maximum atomic E-state index is 12.9. The molecule has 28 heavy (non-hydrogen) atoms. The predicted molar refractivity (Wildman–Crippen MR) is 113 cm³/mol. The summed E-state index contributed by atoms with van der Waals surface area (Å²) in [6, 6.07) is 19.4. The molecule has 0 unspecified atom stereocenters. The maximum absolute atomic E-state index is 12.9. The molecule has 3 aromatic carbocycles. The van der Waals surface area contributed by atoms with Crippen LogP contribution in [0.15, 0.2) is 60.7 Å². The van der Waals surface area contributed by atoms with Crippen molar-refractivity contribution in [1.82, 2.24) is 5.32 Å². The van der Waals surface area contributed by atoms with Crippen LogP contribution in [-0.4, -0.2) is 18.4 Å². The number of hydrogen-bond donors (Lipinski definition) is 3. The molecule has 0 heterocycles. The van der Waals surface area contributed by atoms with E-state index in [9.17, 15) is 9.59 Å². The third kappa shape index (κ3) is 4.38. The first-order valence-corrected chi connectivity index (χ1v) is 9.38. The highest BCUT2D eigenvalue weighted by molar-refractivity contribution is 5.99. The SMILES string of the molecule is Cc1ccc(NC(=O)CCN)cc1C(=O)N[C@H](C)c1cccc2ccccc12. The molecule has 0 fully saturated rings. The van der Waals surface area contributed by atoms with Crippen LogP contribution in [0.2, 0.25) is 0 Å². The molecule has 0 aliphatic carbocycles. The van der Waals surface area contributed by atoms with Crippen LogP contribution >= 0.6 is 0 Å². The van der Waals surface area contributed by atoms with Crippen molar-refractivity contribution >= 4 is 28.3 Å². The van der Waals surface area contributed by atoms with Crippen molar-refractivity contribution < 1.29 is 9.59 Å². The third-order valence-corrected chi connectivity index (χ3v) is 4.77. The number of carbonyl (C=O) groups is 2. The molecule has 3 aromatic rings. The van der Waals surface area contributed by atoms with Crippen molar-refractivity contribution in [3.05, 3.63) is 77.4 Å². The normalized spacial score (nSPS) is 11.8. The molecule has 0 aromatic heterocycles. The first-order valence-electron chi connectivity index (χ1n) is 9.38. The topological polar surface area (TPSA) is 84.2 Å². The Kier molecular flexibility index (Phi) is 6.06. The molecule has 0 saturated carbocycles. The minimum atomic E-state index is -0.173. The first-order chi connectivity index (χ1) is 13.5. The van der Waals surface area contributed by atoms with Gasteiger partial charge in [-0.05, 0) is 47.9 Å². The van der Waals surface area contributed by atoms with Crippen LogP contribution < -0.4 is 16.4 Å². The summed E-state index contributed by atoms with van der Waals surface area (Å²) in [5.41, 5.74) is 8.45. The molecule has 144 valence electrons. The van der Waals surface area contributed by atoms with Crippen LogP contribution in [0.4, 0.5) is 5.69 Å². The Balaban J connectivity index is 1.81. The Morgan fingerprint density at radius 3 is 2.57 bits per heavy atom. The molecule has 1 atom stereocenters. The smallest absolute Gasteiger partial charge is 0.252 e. The molecule has 4 N–H and O–H groups in total. The summed E-state index contributed by atoms with van der Waals surface area (Å²) in [6.45, 7) is 4.14. The van der Waals surface area contributed by atoms with Crippen LogP contribution in [0, 0.1) is 6.92 Å². The van der Waals surface area contributed by atoms with Crippen molar-refractivity contribution in [3.63, 3.8) is 0 Å². The van der Waals surface area contributed by atoms with E-state index in [4.69, 9.17) is 5.73 Å². The molecule has 2 amide bonds. The molecule has 0 radical (unpaired) electrons. The van der Waals surface area contributed by atoms with Gasteiger partial charge in [-0.15, -0.1) is 0 Å². The van der Waals surface area contributed by atoms with Crippen LogP contribution in [-0.2, 0) is 4.79 Å². The molecule has 5 heteroatoms. The lowest BCUT2D eigenvalue weighted by Crippen LogP contribution is -2.27. The van der Waals surface area contributed by atoms with Crippen LogP contribution in [0.3, 0.4) is 0 Å². The van der Waals surface area contributed by atoms with Crippen molar-refractivity contribution in [2.45, 2.75) is 26.3 Å². The van der Waals surface area contributed by atoms with E-state index in [2.05, 4.69) is 28.8 Å². The van der Waals surface area contributed by atoms with Gasteiger partial charge in [0.15, 0.2) is 0 Å². The Morgan fingerprint density at radius 1 is 1.04 bits per heavy atom. The van der Waals surface area contributed by atoms with Gasteiger partial charge in [0, 0.05) is 24.2 Å². The Hall–Kier alpha value is -3.18. The van der Waals surface area contributed by atoms with E-state index in [1.54, 1.807) is 12.1 Å². The number of nitrogens with one attached hydrogen (secondary N) is 2. The van der Waals surface area contributed by atoms with Gasteiger partial charge in [-0.25, -0.2) is 0 Å². The fourth-order valence-electron chi connectivity index (χ4n) is 3.28. The van der Waals surface area contributed by atoms with E-state index in [1.165, 1.54) is 0 Å². The highest BCUT2D eigenvalue weighted by Gasteiger charge is 2.16. The minimum Gasteiger partial charge on any atom is -0.345 e. The number of amides is 2. The van der Waals surface area contributed by atoms with E-state index in [1.807, 2.05) is 44.2 Å². The van der Waals surface area contributed by atoms with Crippen molar-refractivity contribution in [2.75, 3.05) is 11.9 Å². The molecule has 0 aliphatic rings. The molecular formula is C23H25N3O2. The van der Waals surface area contributed by atoms with Gasteiger partial charge in [-0.1, -0.05) is 48.5 Å². The van der Waals surface area contributed by atoms with Gasteiger partial charge < -0.3 is 16.4 Å². The second-order valence-corrected chi connectivity index (χ2v) is 6.88. The molecule has 0 aliphatic heterocycles. The van der Waals surface area contributed by atoms with Crippen molar-refractivity contribution in [2.24, 2.45) is 5.73 Å². The summed E-state index contributed by atoms with van der Waals surface area (Å²) in [7, 11) is 0. The molecule has 0 saturated heterocycles. The Morgan fingerprint density at radius 2 is 1.79 bits per heavy atom. The van der Waals surface area contributed by atoms with Gasteiger partial charge in [0.05, 0.1) is 6.04 Å². The number of hydrogen-bond acceptors (Lipinski definition) is 3. The summed E-state index contributed by atoms with van der Waals surface area (Å²) >= 11 is 0. The summed E-state index contributed by atoms with van der Waals surface area (Å²) in [6.07, 6.45) is 0.244. The second kappa shape index (κ2) is 8.67. The second-order valence-electron chi connectivity index (χ2n) is 6.88. The first kappa shape index (κ1) is 19.6. The Labute approximate surface area is 164 Å². The van der Waals surface area contributed by atoms with E-state index in [-0.39, 0.29) is 30.8 Å². The number of fused-ring (bicyclic) bond motifs is 1. The zero-order valence-corrected chi connectivity index (χ0v) is 16.2. The number of carbonyl (C=O) groups excluding carboxylic acids is 2. The summed E-state index contributed by atoms with van der Waals surface area (Å²) in [4.78, 5) is 24.7. The molecule has 5 nitrogen and oxygen atoms in total. The van der Waals surface area contributed by atoms with Crippen molar-refractivity contribution in [3.8, 4) is 0 Å². The van der Waals surface area contributed by atoms with Gasteiger partial charge in [0.25, 0.3) is 5.91 Å². The van der Waals surface area contributed by atoms with Crippen molar-refractivity contribution in [1.29, 1.82) is 0 Å². The number of rotatable bonds is 6. The Bertz CT molecular complexity index is 1010. The maximum Gasteiger partial charge on any atom is 0.252 e. The fraction of sp³-hybridized carbons (Fsp3) is 0.217. The van der Waals surface area contributed by atoms with Crippen LogP contribution in [0.25, 0.3) is 10.8 Å². The summed E-state index contributed by atoms with van der Waals surface area (Å²) in [5, 5.41) is 8.12. The number of benzene rings is 3. The van der Waals surface area contributed by atoms with Gasteiger partial charge >= 0.3 is 0 Å². The van der Waals surface area contributed by atoms with Crippen LogP contribution in [0.5, 0.6) is 0 Å². The molecular weight excluding hydrogens is 350 g/mol. The average molecular weight is 375 g/mol. The lowest BCUT2D eigenvalue weighted by Gasteiger charge is -2.18. The highest BCUT2D eigenvalue weighted by atomic mass is 16.2. The molecule has 0 bridgehead atoms. The lowest BCUT2D eigenvalue weighted by atomic mass is 9.99. The number of aryl methyl sites for hydroxylation is 1. The van der Waals surface area contributed by atoms with E-state index < -0.39 is 0 Å².